The van der Waals surface area contributed by atoms with Crippen molar-refractivity contribution in [2.45, 2.75) is 0 Å². The van der Waals surface area contributed by atoms with Crippen molar-refractivity contribution in [1.82, 2.24) is 0 Å². The molecule has 94 valence electrons. The minimum atomic E-state index is -0.519. The first-order valence-electron chi connectivity index (χ1n) is 5.43. The molecule has 0 radical (unpaired) electrons. The number of hydrogen-bond acceptors (Lipinski definition) is 4. The molecule has 1 heterocycles. The van der Waals surface area contributed by atoms with Gasteiger partial charge in [-0.1, -0.05) is 0 Å². The molecule has 0 aliphatic rings. The number of carbonyl (C=O) groups excluding carboxylic acids is 1. The van der Waals surface area contributed by atoms with Gasteiger partial charge in [-0.15, -0.1) is 0 Å². The number of phenolic OH excluding ortho intramolecular Hbond substituents is 1. The summed E-state index contributed by atoms with van der Waals surface area (Å²) in [6, 6.07) is 9.45. The van der Waals surface area contributed by atoms with Gasteiger partial charge in [0, 0.05) is 11.3 Å². The van der Waals surface area contributed by atoms with Crippen molar-refractivity contribution in [3.05, 3.63) is 54.0 Å². The number of phenols is 1. The molecule has 0 atom stereocenters. The zero-order valence-electron chi connectivity index (χ0n) is 9.83. The molecule has 0 unspecified atom stereocenters. The van der Waals surface area contributed by atoms with Gasteiger partial charge in [0.2, 0.25) is 0 Å². The van der Waals surface area contributed by atoms with Crippen LogP contribution in [0.3, 0.4) is 0 Å². The van der Waals surface area contributed by atoms with Crippen molar-refractivity contribution in [3.63, 3.8) is 0 Å². The van der Waals surface area contributed by atoms with Crippen LogP contribution in [0.15, 0.2) is 52.8 Å². The van der Waals surface area contributed by atoms with E-state index in [0.717, 1.165) is 0 Å². The summed E-state index contributed by atoms with van der Waals surface area (Å²) in [6.45, 7) is 0. The predicted octanol–water partition coefficient (Wildman–Crippen LogP) is 2.53. The maximum Gasteiger partial charge on any atom is 0.266 e. The van der Waals surface area contributed by atoms with E-state index in [4.69, 9.17) is 14.8 Å². The van der Waals surface area contributed by atoms with Crippen LogP contribution >= 0.6 is 0 Å². The quantitative estimate of drug-likeness (QED) is 0.500. The summed E-state index contributed by atoms with van der Waals surface area (Å²) >= 11 is 0. The van der Waals surface area contributed by atoms with Crippen LogP contribution in [-0.4, -0.2) is 11.0 Å². The van der Waals surface area contributed by atoms with Crippen molar-refractivity contribution in [2.75, 3.05) is 5.32 Å². The fourth-order valence-electron chi connectivity index (χ4n) is 1.42. The average molecular weight is 254 g/mol. The molecule has 2 aromatic rings. The van der Waals surface area contributed by atoms with Gasteiger partial charge in [-0.2, -0.15) is 5.26 Å². The lowest BCUT2D eigenvalue weighted by Crippen LogP contribution is -2.13. The first-order chi connectivity index (χ1) is 9.19. The molecule has 0 aliphatic heterocycles. The molecule has 1 aromatic heterocycles. The van der Waals surface area contributed by atoms with Gasteiger partial charge in [0.1, 0.15) is 17.4 Å². The SMILES string of the molecule is N#C/C(=C/c1ccoc1)C(=O)Nc1ccc(O)cc1. The summed E-state index contributed by atoms with van der Waals surface area (Å²) in [5.41, 5.74) is 1.10. The largest absolute Gasteiger partial charge is 0.508 e. The normalized spacial score (nSPS) is 10.8. The number of aromatic hydroxyl groups is 1. The minimum Gasteiger partial charge on any atom is -0.508 e. The average Bonchev–Trinajstić information content (AvgIpc) is 2.91. The Kier molecular flexibility index (Phi) is 3.64. The molecule has 1 aromatic carbocycles. The van der Waals surface area contributed by atoms with E-state index in [9.17, 15) is 4.79 Å². The molecule has 0 spiro atoms. The molecule has 2 N–H and O–H groups in total. The lowest BCUT2D eigenvalue weighted by Gasteiger charge is -2.03. The van der Waals surface area contributed by atoms with Gasteiger partial charge in [-0.3, -0.25) is 4.79 Å². The minimum absolute atomic E-state index is 0.0329. The highest BCUT2D eigenvalue weighted by atomic mass is 16.3. The number of amides is 1. The number of anilines is 1. The number of furan rings is 1. The fraction of sp³-hybridized carbons (Fsp3) is 0. The summed E-state index contributed by atoms with van der Waals surface area (Å²) in [6.07, 6.45) is 4.32. The lowest BCUT2D eigenvalue weighted by atomic mass is 10.2. The first-order valence-corrected chi connectivity index (χ1v) is 5.43. The van der Waals surface area contributed by atoms with Crippen LogP contribution in [0.1, 0.15) is 5.56 Å². The number of carbonyl (C=O) groups is 1. The van der Waals surface area contributed by atoms with Crippen molar-refractivity contribution >= 4 is 17.7 Å². The highest BCUT2D eigenvalue weighted by molar-refractivity contribution is 6.09. The predicted molar refractivity (Wildman–Crippen MR) is 69.0 cm³/mol. The molecule has 0 bridgehead atoms. The van der Waals surface area contributed by atoms with E-state index in [1.807, 2.05) is 6.07 Å². The topological polar surface area (TPSA) is 86.3 Å². The van der Waals surface area contributed by atoms with Gasteiger partial charge in [0.15, 0.2) is 0 Å². The summed E-state index contributed by atoms with van der Waals surface area (Å²) in [5, 5.41) is 20.7. The number of hydrogen-bond donors (Lipinski definition) is 2. The second kappa shape index (κ2) is 5.56. The van der Waals surface area contributed by atoms with Crippen LogP contribution in [0.25, 0.3) is 6.08 Å². The Bertz CT molecular complexity index is 634. The van der Waals surface area contributed by atoms with Crippen LogP contribution in [0.4, 0.5) is 5.69 Å². The van der Waals surface area contributed by atoms with Crippen molar-refractivity contribution in [1.29, 1.82) is 5.26 Å². The molecule has 1 amide bonds. The molecule has 5 nitrogen and oxygen atoms in total. The molecular weight excluding hydrogens is 244 g/mol. The summed E-state index contributed by atoms with van der Waals surface area (Å²) < 4.78 is 4.86. The summed E-state index contributed by atoms with van der Waals surface area (Å²) in [7, 11) is 0. The van der Waals surface area contributed by atoms with E-state index in [0.29, 0.717) is 11.3 Å². The summed E-state index contributed by atoms with van der Waals surface area (Å²) in [5.74, 6) is -0.415. The van der Waals surface area contributed by atoms with Crippen LogP contribution in [-0.2, 0) is 4.79 Å². The Labute approximate surface area is 109 Å². The number of rotatable bonds is 3. The number of nitriles is 1. The monoisotopic (exact) mass is 254 g/mol. The molecule has 0 saturated heterocycles. The lowest BCUT2D eigenvalue weighted by molar-refractivity contribution is -0.112. The second-order valence-corrected chi connectivity index (χ2v) is 3.73. The van der Waals surface area contributed by atoms with E-state index >= 15 is 0 Å². The van der Waals surface area contributed by atoms with Crippen molar-refractivity contribution in [3.8, 4) is 11.8 Å². The van der Waals surface area contributed by atoms with Crippen LogP contribution in [0, 0.1) is 11.3 Å². The Hall–Kier alpha value is -3.00. The molecule has 5 heteroatoms. The molecule has 0 aliphatic carbocycles. The number of nitrogens with one attached hydrogen (secondary N) is 1. The maximum atomic E-state index is 11.9. The Morgan fingerprint density at radius 1 is 1.32 bits per heavy atom. The number of benzene rings is 1. The Morgan fingerprint density at radius 2 is 2.05 bits per heavy atom. The van der Waals surface area contributed by atoms with E-state index in [1.165, 1.54) is 30.7 Å². The second-order valence-electron chi connectivity index (χ2n) is 3.73. The van der Waals surface area contributed by atoms with Crippen LogP contribution in [0.2, 0.25) is 0 Å². The third-order valence-corrected chi connectivity index (χ3v) is 2.34. The third-order valence-electron chi connectivity index (χ3n) is 2.34. The van der Waals surface area contributed by atoms with E-state index in [1.54, 1.807) is 18.2 Å². The summed E-state index contributed by atoms with van der Waals surface area (Å²) in [4.78, 5) is 11.9. The van der Waals surface area contributed by atoms with Crippen LogP contribution in [0.5, 0.6) is 5.75 Å². The van der Waals surface area contributed by atoms with Gasteiger partial charge >= 0.3 is 0 Å². The van der Waals surface area contributed by atoms with Gasteiger partial charge in [-0.05, 0) is 36.4 Å². The zero-order valence-corrected chi connectivity index (χ0v) is 9.83. The third kappa shape index (κ3) is 3.23. The highest BCUT2D eigenvalue weighted by Crippen LogP contribution is 2.15. The van der Waals surface area contributed by atoms with E-state index in [-0.39, 0.29) is 11.3 Å². The van der Waals surface area contributed by atoms with E-state index in [2.05, 4.69) is 5.32 Å². The molecule has 0 saturated carbocycles. The Balaban J connectivity index is 2.14. The van der Waals surface area contributed by atoms with Gasteiger partial charge < -0.3 is 14.8 Å². The van der Waals surface area contributed by atoms with E-state index < -0.39 is 5.91 Å². The van der Waals surface area contributed by atoms with Gasteiger partial charge in [0.25, 0.3) is 5.91 Å². The van der Waals surface area contributed by atoms with Crippen molar-refractivity contribution in [2.24, 2.45) is 0 Å². The molecule has 2 rings (SSSR count). The van der Waals surface area contributed by atoms with Gasteiger partial charge in [-0.25, -0.2) is 0 Å². The number of nitrogens with zero attached hydrogens (tertiary/aromatic N) is 1. The standard InChI is InChI=1S/C14H10N2O3/c15-8-11(7-10-5-6-19-9-10)14(18)16-12-1-3-13(17)4-2-12/h1-7,9,17H,(H,16,18)/b11-7-. The highest BCUT2D eigenvalue weighted by Gasteiger charge is 2.09. The van der Waals surface area contributed by atoms with Gasteiger partial charge in [0.05, 0.1) is 12.5 Å². The smallest absolute Gasteiger partial charge is 0.266 e. The van der Waals surface area contributed by atoms with Crippen molar-refractivity contribution < 1.29 is 14.3 Å². The fourth-order valence-corrected chi connectivity index (χ4v) is 1.42. The zero-order chi connectivity index (χ0) is 13.7. The molecule has 0 fully saturated rings. The molecular formula is C14H10N2O3. The maximum absolute atomic E-state index is 11.9. The molecule has 19 heavy (non-hydrogen) atoms. The Morgan fingerprint density at radius 3 is 2.63 bits per heavy atom. The first kappa shape index (κ1) is 12.5. The van der Waals surface area contributed by atoms with Crippen LogP contribution < -0.4 is 5.32 Å².